The standard InChI is InChI=1S/C12H11F3NO3P/c13-12(14,15)8-18-20(16,17)19-11-7-3-5-9-4-1-2-6-10(9)11/h1-7H,8H2,(H2,16,17)/t20-/m1/s1. The first-order valence-electron chi connectivity index (χ1n) is 5.54. The SMILES string of the molecule is N[P@@](=O)(OCC(F)(F)F)Oc1cccc2ccccc12. The highest BCUT2D eigenvalue weighted by atomic mass is 31.2. The van der Waals surface area contributed by atoms with Crippen LogP contribution in [-0.4, -0.2) is 12.8 Å². The molecule has 2 rings (SSSR count). The number of hydrogen-bond acceptors (Lipinski definition) is 3. The average Bonchev–Trinajstić information content (AvgIpc) is 2.36. The fraction of sp³-hybridized carbons (Fsp3) is 0.167. The third-order valence-corrected chi connectivity index (χ3v) is 3.32. The molecule has 0 unspecified atom stereocenters. The van der Waals surface area contributed by atoms with Crippen LogP contribution in [0.4, 0.5) is 13.2 Å². The topological polar surface area (TPSA) is 61.6 Å². The fourth-order valence-corrected chi connectivity index (χ4v) is 2.41. The van der Waals surface area contributed by atoms with Crippen molar-refractivity contribution >= 4 is 18.5 Å². The van der Waals surface area contributed by atoms with Gasteiger partial charge in [-0.05, 0) is 11.5 Å². The minimum atomic E-state index is -4.63. The van der Waals surface area contributed by atoms with Gasteiger partial charge in [-0.15, -0.1) is 0 Å². The van der Waals surface area contributed by atoms with Crippen LogP contribution in [0.5, 0.6) is 5.75 Å². The highest BCUT2D eigenvalue weighted by molar-refractivity contribution is 7.51. The van der Waals surface area contributed by atoms with E-state index in [-0.39, 0.29) is 5.75 Å². The molecule has 0 aliphatic heterocycles. The lowest BCUT2D eigenvalue weighted by molar-refractivity contribution is -0.154. The van der Waals surface area contributed by atoms with E-state index in [4.69, 9.17) is 10.0 Å². The summed E-state index contributed by atoms with van der Waals surface area (Å²) in [6.45, 7) is -1.73. The molecule has 0 aliphatic rings. The van der Waals surface area contributed by atoms with Gasteiger partial charge in [0, 0.05) is 5.39 Å². The lowest BCUT2D eigenvalue weighted by atomic mass is 10.1. The fourth-order valence-electron chi connectivity index (χ4n) is 1.60. The quantitative estimate of drug-likeness (QED) is 0.871. The van der Waals surface area contributed by atoms with Gasteiger partial charge in [-0.3, -0.25) is 4.52 Å². The molecule has 0 aromatic heterocycles. The van der Waals surface area contributed by atoms with Crippen molar-refractivity contribution in [1.82, 2.24) is 0 Å². The molecule has 0 heterocycles. The maximum absolute atomic E-state index is 12.0. The second-order valence-corrected chi connectivity index (χ2v) is 5.52. The molecule has 0 saturated heterocycles. The molecule has 0 fully saturated rings. The van der Waals surface area contributed by atoms with Crippen LogP contribution >= 0.6 is 7.75 Å². The second-order valence-electron chi connectivity index (χ2n) is 4.00. The molecular weight excluding hydrogens is 294 g/mol. The Balaban J connectivity index is 2.21. The van der Waals surface area contributed by atoms with Gasteiger partial charge in [0.1, 0.15) is 5.75 Å². The Bertz CT molecular complexity index is 654. The number of fused-ring (bicyclic) bond motifs is 1. The first kappa shape index (κ1) is 14.8. The van der Waals surface area contributed by atoms with E-state index in [1.165, 1.54) is 6.07 Å². The summed E-state index contributed by atoms with van der Waals surface area (Å²) >= 11 is 0. The van der Waals surface area contributed by atoms with Crippen molar-refractivity contribution in [1.29, 1.82) is 0 Å². The predicted molar refractivity (Wildman–Crippen MR) is 68.4 cm³/mol. The van der Waals surface area contributed by atoms with Gasteiger partial charge >= 0.3 is 13.9 Å². The molecule has 2 N–H and O–H groups in total. The van der Waals surface area contributed by atoms with Crippen molar-refractivity contribution in [3.63, 3.8) is 0 Å². The second kappa shape index (κ2) is 5.44. The van der Waals surface area contributed by atoms with Crippen LogP contribution in [0.3, 0.4) is 0 Å². The molecule has 2 aromatic carbocycles. The minimum absolute atomic E-state index is 0.108. The summed E-state index contributed by atoms with van der Waals surface area (Å²) in [5.74, 6) is 0.108. The molecule has 0 bridgehead atoms. The number of halogens is 3. The molecule has 4 nitrogen and oxygen atoms in total. The monoisotopic (exact) mass is 305 g/mol. The zero-order chi connectivity index (χ0) is 14.8. The van der Waals surface area contributed by atoms with Crippen LogP contribution < -0.4 is 10.0 Å². The molecule has 108 valence electrons. The van der Waals surface area contributed by atoms with E-state index in [0.29, 0.717) is 5.39 Å². The molecule has 20 heavy (non-hydrogen) atoms. The summed E-state index contributed by atoms with van der Waals surface area (Å²) in [4.78, 5) is 0. The lowest BCUT2D eigenvalue weighted by Crippen LogP contribution is -2.19. The predicted octanol–water partition coefficient (Wildman–Crippen LogP) is 3.86. The summed E-state index contributed by atoms with van der Waals surface area (Å²) in [5.41, 5.74) is 5.16. The third-order valence-electron chi connectivity index (χ3n) is 2.38. The summed E-state index contributed by atoms with van der Waals surface area (Å²) < 4.78 is 56.8. The molecule has 2 aromatic rings. The van der Waals surface area contributed by atoms with E-state index in [9.17, 15) is 17.7 Å². The zero-order valence-corrected chi connectivity index (χ0v) is 11.0. The Morgan fingerprint density at radius 1 is 1.10 bits per heavy atom. The van der Waals surface area contributed by atoms with Gasteiger partial charge in [0.05, 0.1) is 0 Å². The molecule has 1 atom stereocenters. The van der Waals surface area contributed by atoms with E-state index in [2.05, 4.69) is 4.52 Å². The average molecular weight is 305 g/mol. The van der Waals surface area contributed by atoms with Crippen molar-refractivity contribution < 1.29 is 26.8 Å². The summed E-state index contributed by atoms with van der Waals surface area (Å²) in [6.07, 6.45) is -4.63. The van der Waals surface area contributed by atoms with Crippen molar-refractivity contribution in [2.24, 2.45) is 5.50 Å². The molecular formula is C12H11F3NO3P. The first-order valence-corrected chi connectivity index (χ1v) is 7.15. The van der Waals surface area contributed by atoms with Gasteiger partial charge in [0.25, 0.3) is 0 Å². The molecule has 0 spiro atoms. The van der Waals surface area contributed by atoms with Crippen molar-refractivity contribution in [2.45, 2.75) is 6.18 Å². The summed E-state index contributed by atoms with van der Waals surface area (Å²) in [7, 11) is -4.34. The van der Waals surface area contributed by atoms with E-state index in [1.54, 1.807) is 36.4 Å². The van der Waals surface area contributed by atoms with Crippen LogP contribution in [0, 0.1) is 0 Å². The van der Waals surface area contributed by atoms with E-state index in [0.717, 1.165) is 5.39 Å². The van der Waals surface area contributed by atoms with E-state index in [1.807, 2.05) is 0 Å². The zero-order valence-electron chi connectivity index (χ0n) is 10.1. The molecule has 0 saturated carbocycles. The van der Waals surface area contributed by atoms with E-state index < -0.39 is 20.5 Å². The smallest absolute Gasteiger partial charge is 0.413 e. The van der Waals surface area contributed by atoms with Gasteiger partial charge < -0.3 is 4.52 Å². The van der Waals surface area contributed by atoms with Crippen molar-refractivity contribution in [2.75, 3.05) is 6.61 Å². The number of nitrogens with two attached hydrogens (primary N) is 1. The molecule has 0 amide bonds. The van der Waals surface area contributed by atoms with Crippen molar-refractivity contribution in [3.8, 4) is 5.75 Å². The minimum Gasteiger partial charge on any atom is -0.413 e. The first-order chi connectivity index (χ1) is 9.27. The van der Waals surface area contributed by atoms with Gasteiger partial charge in [-0.1, -0.05) is 36.4 Å². The summed E-state index contributed by atoms with van der Waals surface area (Å²) in [6, 6.07) is 11.8. The van der Waals surface area contributed by atoms with Gasteiger partial charge in [-0.25, -0.2) is 10.1 Å². The Kier molecular flexibility index (Phi) is 4.04. The highest BCUT2D eigenvalue weighted by Gasteiger charge is 2.33. The molecule has 0 aliphatic carbocycles. The molecule has 0 radical (unpaired) electrons. The largest absolute Gasteiger partial charge is 0.456 e. The summed E-state index contributed by atoms with van der Waals surface area (Å²) in [5, 5.41) is 1.36. The lowest BCUT2D eigenvalue weighted by Gasteiger charge is -2.16. The van der Waals surface area contributed by atoms with Gasteiger partial charge in [0.2, 0.25) is 0 Å². The Morgan fingerprint density at radius 2 is 1.75 bits per heavy atom. The van der Waals surface area contributed by atoms with Crippen LogP contribution in [0.25, 0.3) is 10.8 Å². The maximum atomic E-state index is 12.0. The number of benzene rings is 2. The van der Waals surface area contributed by atoms with E-state index >= 15 is 0 Å². The maximum Gasteiger partial charge on any atom is 0.456 e. The van der Waals surface area contributed by atoms with Crippen molar-refractivity contribution in [3.05, 3.63) is 42.5 Å². The number of hydrogen-bond donors (Lipinski definition) is 1. The normalized spacial score (nSPS) is 15.0. The van der Waals surface area contributed by atoms with Gasteiger partial charge in [-0.2, -0.15) is 13.2 Å². The Morgan fingerprint density at radius 3 is 2.45 bits per heavy atom. The highest BCUT2D eigenvalue weighted by Crippen LogP contribution is 2.43. The number of rotatable bonds is 4. The number of alkyl halides is 3. The van der Waals surface area contributed by atoms with Gasteiger partial charge in [0.15, 0.2) is 6.61 Å². The Labute approximate surface area is 112 Å². The third kappa shape index (κ3) is 3.96. The van der Waals surface area contributed by atoms with Crippen LogP contribution in [0.2, 0.25) is 0 Å². The van der Waals surface area contributed by atoms with Crippen LogP contribution in [-0.2, 0) is 9.09 Å². The van der Waals surface area contributed by atoms with Crippen LogP contribution in [0.15, 0.2) is 42.5 Å². The Hall–Kier alpha value is -1.56. The molecule has 8 heteroatoms. The van der Waals surface area contributed by atoms with Crippen LogP contribution in [0.1, 0.15) is 0 Å².